The van der Waals surface area contributed by atoms with Crippen molar-refractivity contribution < 1.29 is 18.0 Å². The Morgan fingerprint density at radius 1 is 1.14 bits per heavy atom. The van der Waals surface area contributed by atoms with Crippen molar-refractivity contribution in [1.82, 2.24) is 4.98 Å². The van der Waals surface area contributed by atoms with E-state index in [1.165, 1.54) is 12.3 Å². The second-order valence-electron chi connectivity index (χ2n) is 4.02. The second kappa shape index (κ2) is 5.91. The lowest BCUT2D eigenvalue weighted by Gasteiger charge is -2.09. The highest BCUT2D eigenvalue weighted by Crippen LogP contribution is 2.30. The molecule has 0 aliphatic heterocycles. The van der Waals surface area contributed by atoms with Gasteiger partial charge in [-0.2, -0.15) is 13.2 Å². The van der Waals surface area contributed by atoms with Gasteiger partial charge in [0.25, 0.3) is 5.91 Å². The van der Waals surface area contributed by atoms with Crippen LogP contribution < -0.4 is 5.32 Å². The molecule has 0 saturated carbocycles. The molecule has 1 aromatic carbocycles. The van der Waals surface area contributed by atoms with Gasteiger partial charge in [-0.05, 0) is 30.3 Å². The minimum absolute atomic E-state index is 0.0703. The zero-order valence-electron chi connectivity index (χ0n) is 10.2. The third-order valence-electron chi connectivity index (χ3n) is 2.53. The first-order chi connectivity index (χ1) is 9.77. The standard InChI is InChI=1S/C13H7Cl2F3N2O/c14-10-5-11(15)19-6-9(10)12(21)20-8-3-1-7(2-4-8)13(16,17)18/h1-6H,(H,20,21). The number of hydrogen-bond acceptors (Lipinski definition) is 2. The number of anilines is 1. The van der Waals surface area contributed by atoms with Gasteiger partial charge in [0.2, 0.25) is 0 Å². The lowest BCUT2D eigenvalue weighted by atomic mass is 10.2. The number of rotatable bonds is 2. The Hall–Kier alpha value is -1.79. The topological polar surface area (TPSA) is 42.0 Å². The van der Waals surface area contributed by atoms with Crippen LogP contribution in [0.2, 0.25) is 10.2 Å². The van der Waals surface area contributed by atoms with Crippen LogP contribution in [0.1, 0.15) is 15.9 Å². The summed E-state index contributed by atoms with van der Waals surface area (Å²) in [5, 5.41) is 2.65. The quantitative estimate of drug-likeness (QED) is 0.811. The molecule has 3 nitrogen and oxygen atoms in total. The zero-order chi connectivity index (χ0) is 15.6. The van der Waals surface area contributed by atoms with Crippen molar-refractivity contribution in [3.8, 4) is 0 Å². The number of carbonyl (C=O) groups excluding carboxylic acids is 1. The van der Waals surface area contributed by atoms with Gasteiger partial charge < -0.3 is 5.32 Å². The van der Waals surface area contributed by atoms with Crippen LogP contribution in [-0.4, -0.2) is 10.9 Å². The molecule has 0 saturated heterocycles. The van der Waals surface area contributed by atoms with E-state index in [1.54, 1.807) is 0 Å². The number of carbonyl (C=O) groups is 1. The first kappa shape index (κ1) is 15.6. The van der Waals surface area contributed by atoms with E-state index in [1.807, 2.05) is 0 Å². The monoisotopic (exact) mass is 334 g/mol. The number of benzene rings is 1. The first-order valence-electron chi connectivity index (χ1n) is 5.57. The van der Waals surface area contributed by atoms with Gasteiger partial charge in [0.15, 0.2) is 0 Å². The third kappa shape index (κ3) is 3.86. The molecule has 1 N–H and O–H groups in total. The van der Waals surface area contributed by atoms with Crippen molar-refractivity contribution in [3.05, 3.63) is 57.8 Å². The van der Waals surface area contributed by atoms with E-state index in [0.717, 1.165) is 24.3 Å². The molecule has 110 valence electrons. The predicted octanol–water partition coefficient (Wildman–Crippen LogP) is 4.66. The summed E-state index contributed by atoms with van der Waals surface area (Å²) in [6.07, 6.45) is -3.24. The molecule has 1 aromatic heterocycles. The van der Waals surface area contributed by atoms with Gasteiger partial charge in [0.1, 0.15) is 5.15 Å². The summed E-state index contributed by atoms with van der Waals surface area (Å²) in [5.41, 5.74) is -0.522. The number of nitrogens with zero attached hydrogens (tertiary/aromatic N) is 1. The highest BCUT2D eigenvalue weighted by Gasteiger charge is 2.30. The third-order valence-corrected chi connectivity index (χ3v) is 3.05. The van der Waals surface area contributed by atoms with E-state index in [9.17, 15) is 18.0 Å². The van der Waals surface area contributed by atoms with E-state index >= 15 is 0 Å². The van der Waals surface area contributed by atoms with Crippen LogP contribution in [0.15, 0.2) is 36.5 Å². The van der Waals surface area contributed by atoms with Crippen LogP contribution in [0.4, 0.5) is 18.9 Å². The summed E-state index contributed by atoms with van der Waals surface area (Å²) in [6.45, 7) is 0. The van der Waals surface area contributed by atoms with Gasteiger partial charge in [0.05, 0.1) is 16.1 Å². The summed E-state index contributed by atoms with van der Waals surface area (Å²) >= 11 is 11.4. The highest BCUT2D eigenvalue weighted by molar-refractivity contribution is 6.36. The zero-order valence-corrected chi connectivity index (χ0v) is 11.7. The normalized spacial score (nSPS) is 11.3. The SMILES string of the molecule is O=C(Nc1ccc(C(F)(F)F)cc1)c1cnc(Cl)cc1Cl. The largest absolute Gasteiger partial charge is 0.416 e. The Labute approximate surface area is 127 Å². The fourth-order valence-electron chi connectivity index (χ4n) is 1.52. The van der Waals surface area contributed by atoms with Crippen molar-refractivity contribution in [2.75, 3.05) is 5.32 Å². The lowest BCUT2D eigenvalue weighted by Crippen LogP contribution is -2.13. The molecule has 0 radical (unpaired) electrons. The number of halogens is 5. The van der Waals surface area contributed by atoms with Gasteiger partial charge in [0, 0.05) is 11.9 Å². The number of amides is 1. The van der Waals surface area contributed by atoms with Crippen molar-refractivity contribution >= 4 is 34.8 Å². The molecule has 0 aliphatic rings. The molecule has 21 heavy (non-hydrogen) atoms. The smallest absolute Gasteiger partial charge is 0.322 e. The molecule has 1 heterocycles. The summed E-state index contributed by atoms with van der Waals surface area (Å²) in [7, 11) is 0. The van der Waals surface area contributed by atoms with Crippen molar-refractivity contribution in [3.63, 3.8) is 0 Å². The van der Waals surface area contributed by atoms with Crippen LogP contribution in [0.3, 0.4) is 0 Å². The van der Waals surface area contributed by atoms with E-state index in [4.69, 9.17) is 23.2 Å². The maximum absolute atomic E-state index is 12.4. The second-order valence-corrected chi connectivity index (χ2v) is 4.81. The maximum atomic E-state index is 12.4. The predicted molar refractivity (Wildman–Crippen MR) is 73.7 cm³/mol. The Balaban J connectivity index is 2.16. The first-order valence-corrected chi connectivity index (χ1v) is 6.32. The Bertz CT molecular complexity index is 672. The van der Waals surface area contributed by atoms with E-state index in [2.05, 4.69) is 10.3 Å². The molecule has 2 aromatic rings. The highest BCUT2D eigenvalue weighted by atomic mass is 35.5. The average molecular weight is 335 g/mol. The fourth-order valence-corrected chi connectivity index (χ4v) is 1.97. The molecule has 2 rings (SSSR count). The fraction of sp³-hybridized carbons (Fsp3) is 0.0769. The summed E-state index contributed by atoms with van der Waals surface area (Å²) in [6, 6.07) is 5.34. The molecular formula is C13H7Cl2F3N2O. The molecule has 0 unspecified atom stereocenters. The minimum atomic E-state index is -4.42. The van der Waals surface area contributed by atoms with Crippen molar-refractivity contribution in [2.45, 2.75) is 6.18 Å². The van der Waals surface area contributed by atoms with Gasteiger partial charge in [-0.3, -0.25) is 4.79 Å². The van der Waals surface area contributed by atoms with E-state index in [0.29, 0.717) is 0 Å². The van der Waals surface area contributed by atoms with Gasteiger partial charge >= 0.3 is 6.18 Å². The van der Waals surface area contributed by atoms with Gasteiger partial charge in [-0.15, -0.1) is 0 Å². The van der Waals surface area contributed by atoms with Crippen LogP contribution in [0.5, 0.6) is 0 Å². The van der Waals surface area contributed by atoms with Gasteiger partial charge in [-0.25, -0.2) is 4.98 Å². The number of aromatic nitrogens is 1. The summed E-state index contributed by atoms with van der Waals surface area (Å²) < 4.78 is 37.2. The molecule has 0 atom stereocenters. The molecule has 0 aliphatic carbocycles. The molecule has 0 bridgehead atoms. The van der Waals surface area contributed by atoms with E-state index < -0.39 is 17.6 Å². The average Bonchev–Trinajstić information content (AvgIpc) is 2.38. The van der Waals surface area contributed by atoms with Crippen molar-refractivity contribution in [1.29, 1.82) is 0 Å². The Morgan fingerprint density at radius 3 is 2.29 bits per heavy atom. The Morgan fingerprint density at radius 2 is 1.76 bits per heavy atom. The summed E-state index contributed by atoms with van der Waals surface area (Å²) in [4.78, 5) is 15.6. The lowest BCUT2D eigenvalue weighted by molar-refractivity contribution is -0.137. The number of nitrogens with one attached hydrogen (secondary N) is 1. The van der Waals surface area contributed by atoms with Crippen LogP contribution in [0, 0.1) is 0 Å². The van der Waals surface area contributed by atoms with E-state index in [-0.39, 0.29) is 21.4 Å². The summed E-state index contributed by atoms with van der Waals surface area (Å²) in [5.74, 6) is -0.594. The van der Waals surface area contributed by atoms with Crippen LogP contribution >= 0.6 is 23.2 Å². The van der Waals surface area contributed by atoms with Crippen LogP contribution in [-0.2, 0) is 6.18 Å². The number of pyridine rings is 1. The minimum Gasteiger partial charge on any atom is -0.322 e. The molecule has 1 amide bonds. The molecule has 8 heteroatoms. The molecular weight excluding hydrogens is 328 g/mol. The van der Waals surface area contributed by atoms with Gasteiger partial charge in [-0.1, -0.05) is 23.2 Å². The molecule has 0 spiro atoms. The Kier molecular flexibility index (Phi) is 4.39. The number of hydrogen-bond donors (Lipinski definition) is 1. The van der Waals surface area contributed by atoms with Crippen LogP contribution in [0.25, 0.3) is 0 Å². The molecule has 0 fully saturated rings. The van der Waals surface area contributed by atoms with Crippen molar-refractivity contribution in [2.24, 2.45) is 0 Å². The number of alkyl halides is 3. The maximum Gasteiger partial charge on any atom is 0.416 e.